The zero-order chi connectivity index (χ0) is 9.84. The van der Waals surface area contributed by atoms with Crippen LogP contribution in [-0.2, 0) is 10.8 Å². The van der Waals surface area contributed by atoms with Crippen molar-refractivity contribution in [3.8, 4) is 0 Å². The maximum absolute atomic E-state index is 11.8. The molecule has 1 aromatic carbocycles. The molecule has 2 unspecified atom stereocenters. The number of hydrogen-bond donors (Lipinski definition) is 1. The molecule has 0 spiro atoms. The molecular weight excluding hydrogens is 182 g/mol. The van der Waals surface area contributed by atoms with Crippen LogP contribution in [-0.4, -0.2) is 9.46 Å². The van der Waals surface area contributed by atoms with Gasteiger partial charge in [-0.05, 0) is 30.7 Å². The van der Waals surface area contributed by atoms with E-state index in [0.717, 1.165) is 11.3 Å². The van der Waals surface area contributed by atoms with Crippen LogP contribution in [0.15, 0.2) is 29.2 Å². The second-order valence-electron chi connectivity index (χ2n) is 3.09. The standard InChI is InChI=1S/C10H15NOS/c1-3-8(2)13(12)10-6-4-9(11)5-7-10/h4-8H,3,11H2,1-2H3. The van der Waals surface area contributed by atoms with Gasteiger partial charge in [0.2, 0.25) is 0 Å². The molecule has 0 bridgehead atoms. The highest BCUT2D eigenvalue weighted by atomic mass is 32.2. The summed E-state index contributed by atoms with van der Waals surface area (Å²) < 4.78 is 11.8. The van der Waals surface area contributed by atoms with E-state index in [2.05, 4.69) is 0 Å². The number of hydrogen-bond acceptors (Lipinski definition) is 2. The molecule has 2 N–H and O–H groups in total. The Morgan fingerprint density at radius 3 is 2.38 bits per heavy atom. The Kier molecular flexibility index (Phi) is 3.48. The quantitative estimate of drug-likeness (QED) is 0.755. The van der Waals surface area contributed by atoms with Crippen LogP contribution in [0, 0.1) is 0 Å². The first-order chi connectivity index (χ1) is 6.15. The van der Waals surface area contributed by atoms with Gasteiger partial charge in [0.15, 0.2) is 0 Å². The van der Waals surface area contributed by atoms with E-state index >= 15 is 0 Å². The van der Waals surface area contributed by atoms with Crippen molar-refractivity contribution in [1.29, 1.82) is 0 Å². The van der Waals surface area contributed by atoms with Crippen molar-refractivity contribution in [2.24, 2.45) is 0 Å². The Morgan fingerprint density at radius 1 is 1.38 bits per heavy atom. The van der Waals surface area contributed by atoms with E-state index in [0.29, 0.717) is 5.69 Å². The van der Waals surface area contributed by atoms with Crippen LogP contribution >= 0.6 is 0 Å². The molecule has 0 amide bonds. The van der Waals surface area contributed by atoms with Gasteiger partial charge in [0, 0.05) is 15.8 Å². The summed E-state index contributed by atoms with van der Waals surface area (Å²) >= 11 is 0. The average Bonchev–Trinajstić information content (AvgIpc) is 2.17. The molecule has 0 aromatic heterocycles. The van der Waals surface area contributed by atoms with E-state index in [-0.39, 0.29) is 5.25 Å². The second-order valence-corrected chi connectivity index (χ2v) is 4.96. The first-order valence-electron chi connectivity index (χ1n) is 4.41. The van der Waals surface area contributed by atoms with Gasteiger partial charge in [0.25, 0.3) is 0 Å². The topological polar surface area (TPSA) is 43.1 Å². The van der Waals surface area contributed by atoms with Crippen molar-refractivity contribution in [1.82, 2.24) is 0 Å². The van der Waals surface area contributed by atoms with Gasteiger partial charge in [-0.1, -0.05) is 13.8 Å². The predicted octanol–water partition coefficient (Wildman–Crippen LogP) is 2.17. The fraction of sp³-hybridized carbons (Fsp3) is 0.400. The SMILES string of the molecule is CCC(C)S(=O)c1ccc(N)cc1. The van der Waals surface area contributed by atoms with Gasteiger partial charge < -0.3 is 5.73 Å². The van der Waals surface area contributed by atoms with E-state index < -0.39 is 10.8 Å². The molecule has 2 atom stereocenters. The maximum atomic E-state index is 11.8. The van der Waals surface area contributed by atoms with Gasteiger partial charge >= 0.3 is 0 Å². The van der Waals surface area contributed by atoms with Crippen molar-refractivity contribution < 1.29 is 4.21 Å². The fourth-order valence-electron chi connectivity index (χ4n) is 0.986. The summed E-state index contributed by atoms with van der Waals surface area (Å²) in [7, 11) is -0.892. The van der Waals surface area contributed by atoms with Crippen LogP contribution in [0.2, 0.25) is 0 Å². The molecule has 3 heteroatoms. The minimum absolute atomic E-state index is 0.212. The molecule has 0 fully saturated rings. The van der Waals surface area contributed by atoms with Crippen molar-refractivity contribution >= 4 is 16.5 Å². The predicted molar refractivity (Wildman–Crippen MR) is 57.0 cm³/mol. The summed E-state index contributed by atoms with van der Waals surface area (Å²) in [4.78, 5) is 0.864. The van der Waals surface area contributed by atoms with Gasteiger partial charge in [-0.3, -0.25) is 4.21 Å². The molecule has 0 saturated heterocycles. The number of nitrogens with two attached hydrogens (primary N) is 1. The lowest BCUT2D eigenvalue weighted by atomic mass is 10.3. The lowest BCUT2D eigenvalue weighted by molar-refractivity contribution is 0.670. The van der Waals surface area contributed by atoms with Gasteiger partial charge in [-0.2, -0.15) is 0 Å². The lowest BCUT2D eigenvalue weighted by Crippen LogP contribution is -2.09. The monoisotopic (exact) mass is 197 g/mol. The van der Waals surface area contributed by atoms with Crippen LogP contribution in [0.4, 0.5) is 5.69 Å². The van der Waals surface area contributed by atoms with E-state index in [1.54, 1.807) is 12.1 Å². The van der Waals surface area contributed by atoms with E-state index in [1.807, 2.05) is 26.0 Å². The highest BCUT2D eigenvalue weighted by molar-refractivity contribution is 7.85. The summed E-state index contributed by atoms with van der Waals surface area (Å²) in [5, 5.41) is 0.212. The van der Waals surface area contributed by atoms with Crippen molar-refractivity contribution in [2.75, 3.05) is 5.73 Å². The summed E-state index contributed by atoms with van der Waals surface area (Å²) in [6.07, 6.45) is 0.928. The van der Waals surface area contributed by atoms with Gasteiger partial charge in [-0.15, -0.1) is 0 Å². The number of anilines is 1. The fourth-order valence-corrected chi connectivity index (χ4v) is 2.16. The molecular formula is C10H15NOS. The number of nitrogen functional groups attached to an aromatic ring is 1. The first-order valence-corrected chi connectivity index (χ1v) is 5.62. The molecule has 0 aliphatic carbocycles. The van der Waals surface area contributed by atoms with Crippen LogP contribution in [0.3, 0.4) is 0 Å². The maximum Gasteiger partial charge on any atom is 0.0557 e. The van der Waals surface area contributed by atoms with E-state index in [9.17, 15) is 4.21 Å². The lowest BCUT2D eigenvalue weighted by Gasteiger charge is -2.08. The minimum atomic E-state index is -0.892. The van der Waals surface area contributed by atoms with Crippen LogP contribution < -0.4 is 5.73 Å². The first kappa shape index (κ1) is 10.3. The summed E-state index contributed by atoms with van der Waals surface area (Å²) in [5.41, 5.74) is 6.25. The second kappa shape index (κ2) is 4.42. The molecule has 1 aromatic rings. The molecule has 0 saturated carbocycles. The molecule has 1 rings (SSSR count). The zero-order valence-electron chi connectivity index (χ0n) is 7.99. The summed E-state index contributed by atoms with van der Waals surface area (Å²) in [5.74, 6) is 0. The zero-order valence-corrected chi connectivity index (χ0v) is 8.80. The van der Waals surface area contributed by atoms with Gasteiger partial charge in [0.1, 0.15) is 0 Å². The van der Waals surface area contributed by atoms with Crippen molar-refractivity contribution in [2.45, 2.75) is 30.4 Å². The molecule has 0 heterocycles. The van der Waals surface area contributed by atoms with E-state index in [4.69, 9.17) is 5.73 Å². The third-order valence-electron chi connectivity index (χ3n) is 2.05. The Labute approximate surface area is 81.6 Å². The molecule has 2 nitrogen and oxygen atoms in total. The minimum Gasteiger partial charge on any atom is -0.399 e. The van der Waals surface area contributed by atoms with Crippen molar-refractivity contribution in [3.05, 3.63) is 24.3 Å². The third kappa shape index (κ3) is 2.56. The average molecular weight is 197 g/mol. The number of benzene rings is 1. The molecule has 0 radical (unpaired) electrons. The molecule has 0 aliphatic rings. The smallest absolute Gasteiger partial charge is 0.0557 e. The normalized spacial score (nSPS) is 15.2. The van der Waals surface area contributed by atoms with Crippen LogP contribution in [0.1, 0.15) is 20.3 Å². The summed E-state index contributed by atoms with van der Waals surface area (Å²) in [6.45, 7) is 4.03. The van der Waals surface area contributed by atoms with Crippen molar-refractivity contribution in [3.63, 3.8) is 0 Å². The Bertz CT molecular complexity index is 294. The number of rotatable bonds is 3. The molecule has 0 aliphatic heterocycles. The Hall–Kier alpha value is -0.830. The van der Waals surface area contributed by atoms with Gasteiger partial charge in [-0.25, -0.2) is 0 Å². The highest BCUT2D eigenvalue weighted by Crippen LogP contribution is 2.14. The van der Waals surface area contributed by atoms with Crippen LogP contribution in [0.25, 0.3) is 0 Å². The third-order valence-corrected chi connectivity index (χ3v) is 3.85. The summed E-state index contributed by atoms with van der Waals surface area (Å²) in [6, 6.07) is 7.24. The largest absolute Gasteiger partial charge is 0.399 e. The molecule has 13 heavy (non-hydrogen) atoms. The van der Waals surface area contributed by atoms with Gasteiger partial charge in [0.05, 0.1) is 10.8 Å². The Morgan fingerprint density at radius 2 is 1.92 bits per heavy atom. The highest BCUT2D eigenvalue weighted by Gasteiger charge is 2.10. The van der Waals surface area contributed by atoms with E-state index in [1.165, 1.54) is 0 Å². The Balaban J connectivity index is 2.83. The van der Waals surface area contributed by atoms with Crippen LogP contribution in [0.5, 0.6) is 0 Å². The molecule has 72 valence electrons.